The van der Waals surface area contributed by atoms with Crippen LogP contribution in [0.1, 0.15) is 44.2 Å². The molecule has 110 valence electrons. The third-order valence-corrected chi connectivity index (χ3v) is 4.72. The summed E-state index contributed by atoms with van der Waals surface area (Å²) < 4.78 is 0. The average Bonchev–Trinajstić information content (AvgIpc) is 3.20. The second-order valence-corrected chi connectivity index (χ2v) is 7.12. The highest BCUT2D eigenvalue weighted by molar-refractivity contribution is 5.51. The first kappa shape index (κ1) is 13.9. The fourth-order valence-electron chi connectivity index (χ4n) is 3.49. The zero-order chi connectivity index (χ0) is 14.1. The van der Waals surface area contributed by atoms with Crippen LogP contribution in [-0.4, -0.2) is 19.1 Å². The van der Waals surface area contributed by atoms with Gasteiger partial charge in [-0.15, -0.1) is 0 Å². The molecule has 2 atom stereocenters. The van der Waals surface area contributed by atoms with Crippen LogP contribution < -0.4 is 10.2 Å². The number of anilines is 1. The van der Waals surface area contributed by atoms with Gasteiger partial charge in [-0.1, -0.05) is 19.9 Å². The molecule has 2 heteroatoms. The summed E-state index contributed by atoms with van der Waals surface area (Å²) in [5.74, 6) is 1.63. The fourth-order valence-corrected chi connectivity index (χ4v) is 3.49. The SMILES string of the molecule is Cc1cc(N2CC(C)CC(C)C2)ccc1CNC1CC1. The van der Waals surface area contributed by atoms with Crippen LogP contribution in [0.2, 0.25) is 0 Å². The van der Waals surface area contributed by atoms with Crippen molar-refractivity contribution in [1.82, 2.24) is 5.32 Å². The molecule has 1 aromatic rings. The van der Waals surface area contributed by atoms with Gasteiger partial charge in [0.15, 0.2) is 0 Å². The smallest absolute Gasteiger partial charge is 0.0369 e. The summed E-state index contributed by atoms with van der Waals surface area (Å²) in [5, 5.41) is 3.61. The van der Waals surface area contributed by atoms with E-state index in [1.807, 2.05) is 0 Å². The monoisotopic (exact) mass is 272 g/mol. The van der Waals surface area contributed by atoms with E-state index in [1.54, 1.807) is 0 Å². The molecule has 1 aliphatic carbocycles. The van der Waals surface area contributed by atoms with Crippen LogP contribution >= 0.6 is 0 Å². The van der Waals surface area contributed by atoms with Gasteiger partial charge < -0.3 is 10.2 Å². The van der Waals surface area contributed by atoms with Crippen molar-refractivity contribution in [3.05, 3.63) is 29.3 Å². The van der Waals surface area contributed by atoms with Gasteiger partial charge >= 0.3 is 0 Å². The van der Waals surface area contributed by atoms with Crippen molar-refractivity contribution in [2.45, 2.75) is 52.6 Å². The quantitative estimate of drug-likeness (QED) is 0.898. The second kappa shape index (κ2) is 5.77. The molecule has 1 saturated heterocycles. The van der Waals surface area contributed by atoms with E-state index in [0.29, 0.717) is 0 Å². The molecular weight excluding hydrogens is 244 g/mol. The number of piperidine rings is 1. The first-order chi connectivity index (χ1) is 9.61. The van der Waals surface area contributed by atoms with E-state index in [-0.39, 0.29) is 0 Å². The summed E-state index contributed by atoms with van der Waals surface area (Å²) >= 11 is 0. The molecule has 1 aliphatic heterocycles. The highest BCUT2D eigenvalue weighted by Gasteiger charge is 2.23. The van der Waals surface area contributed by atoms with E-state index in [1.165, 1.54) is 49.2 Å². The molecule has 2 fully saturated rings. The number of benzene rings is 1. The van der Waals surface area contributed by atoms with Gasteiger partial charge in [-0.2, -0.15) is 0 Å². The predicted molar refractivity (Wildman–Crippen MR) is 86.2 cm³/mol. The highest BCUT2D eigenvalue weighted by Crippen LogP contribution is 2.28. The normalized spacial score (nSPS) is 26.9. The molecule has 0 bridgehead atoms. The van der Waals surface area contributed by atoms with E-state index < -0.39 is 0 Å². The standard InChI is InChI=1S/C18H28N2/c1-13-8-14(2)12-20(11-13)18-7-4-16(15(3)9-18)10-19-17-5-6-17/h4,7,9,13-14,17,19H,5-6,8,10-12H2,1-3H3. The first-order valence-corrected chi connectivity index (χ1v) is 8.19. The Hall–Kier alpha value is -1.02. The zero-order valence-electron chi connectivity index (χ0n) is 13.2. The van der Waals surface area contributed by atoms with Gasteiger partial charge in [0.2, 0.25) is 0 Å². The molecule has 3 rings (SSSR count). The predicted octanol–water partition coefficient (Wildman–Crippen LogP) is 3.73. The molecule has 20 heavy (non-hydrogen) atoms. The topological polar surface area (TPSA) is 15.3 Å². The van der Waals surface area contributed by atoms with Crippen molar-refractivity contribution in [2.24, 2.45) is 11.8 Å². The van der Waals surface area contributed by atoms with Gasteiger partial charge in [0.1, 0.15) is 0 Å². The summed E-state index contributed by atoms with van der Waals surface area (Å²) in [4.78, 5) is 2.57. The van der Waals surface area contributed by atoms with Gasteiger partial charge in [0.25, 0.3) is 0 Å². The Bertz CT molecular complexity index is 454. The van der Waals surface area contributed by atoms with E-state index in [4.69, 9.17) is 0 Å². The lowest BCUT2D eigenvalue weighted by molar-refractivity contribution is 0.357. The summed E-state index contributed by atoms with van der Waals surface area (Å²) in [6.45, 7) is 10.5. The maximum Gasteiger partial charge on any atom is 0.0369 e. The van der Waals surface area contributed by atoms with Gasteiger partial charge in [0.05, 0.1) is 0 Å². The summed E-state index contributed by atoms with van der Waals surface area (Å²) in [7, 11) is 0. The Balaban J connectivity index is 1.68. The van der Waals surface area contributed by atoms with Crippen LogP contribution in [0, 0.1) is 18.8 Å². The summed E-state index contributed by atoms with van der Waals surface area (Å²) in [5.41, 5.74) is 4.30. The van der Waals surface area contributed by atoms with Gasteiger partial charge in [-0.05, 0) is 61.3 Å². The lowest BCUT2D eigenvalue weighted by atomic mass is 9.91. The molecule has 0 spiro atoms. The van der Waals surface area contributed by atoms with Crippen LogP contribution in [0.15, 0.2) is 18.2 Å². The van der Waals surface area contributed by atoms with E-state index in [0.717, 1.165) is 24.4 Å². The van der Waals surface area contributed by atoms with Crippen molar-refractivity contribution in [3.8, 4) is 0 Å². The Morgan fingerprint density at radius 2 is 1.85 bits per heavy atom. The molecule has 0 radical (unpaired) electrons. The fraction of sp³-hybridized carbons (Fsp3) is 0.667. The highest BCUT2D eigenvalue weighted by atomic mass is 15.1. The van der Waals surface area contributed by atoms with Crippen molar-refractivity contribution < 1.29 is 0 Å². The molecule has 0 aromatic heterocycles. The minimum atomic E-state index is 0.790. The lowest BCUT2D eigenvalue weighted by Crippen LogP contribution is -2.38. The molecular formula is C18H28N2. The Morgan fingerprint density at radius 1 is 1.15 bits per heavy atom. The first-order valence-electron chi connectivity index (χ1n) is 8.19. The molecule has 1 N–H and O–H groups in total. The number of aryl methyl sites for hydroxylation is 1. The molecule has 2 unspecified atom stereocenters. The number of hydrogen-bond acceptors (Lipinski definition) is 2. The Morgan fingerprint density at radius 3 is 2.45 bits per heavy atom. The van der Waals surface area contributed by atoms with Crippen LogP contribution in [0.4, 0.5) is 5.69 Å². The van der Waals surface area contributed by atoms with Gasteiger partial charge in [-0.3, -0.25) is 0 Å². The molecule has 2 aliphatic rings. The van der Waals surface area contributed by atoms with Crippen molar-refractivity contribution >= 4 is 5.69 Å². The zero-order valence-corrected chi connectivity index (χ0v) is 13.2. The van der Waals surface area contributed by atoms with Gasteiger partial charge in [0, 0.05) is 31.4 Å². The van der Waals surface area contributed by atoms with E-state index in [9.17, 15) is 0 Å². The minimum absolute atomic E-state index is 0.790. The Labute approximate surface area is 123 Å². The number of nitrogens with zero attached hydrogens (tertiary/aromatic N) is 1. The summed E-state index contributed by atoms with van der Waals surface area (Å²) in [6, 6.07) is 7.82. The molecule has 0 amide bonds. The third kappa shape index (κ3) is 3.35. The van der Waals surface area contributed by atoms with Crippen LogP contribution in [0.5, 0.6) is 0 Å². The molecule has 2 nitrogen and oxygen atoms in total. The van der Waals surface area contributed by atoms with Crippen LogP contribution in [-0.2, 0) is 6.54 Å². The lowest BCUT2D eigenvalue weighted by Gasteiger charge is -2.37. The number of rotatable bonds is 4. The maximum atomic E-state index is 3.61. The van der Waals surface area contributed by atoms with Crippen molar-refractivity contribution in [3.63, 3.8) is 0 Å². The number of nitrogens with one attached hydrogen (secondary N) is 1. The second-order valence-electron chi connectivity index (χ2n) is 7.12. The van der Waals surface area contributed by atoms with E-state index >= 15 is 0 Å². The Kier molecular flexibility index (Phi) is 4.02. The average molecular weight is 272 g/mol. The number of hydrogen-bond donors (Lipinski definition) is 1. The molecule has 1 saturated carbocycles. The minimum Gasteiger partial charge on any atom is -0.371 e. The third-order valence-electron chi connectivity index (χ3n) is 4.72. The van der Waals surface area contributed by atoms with Crippen LogP contribution in [0.3, 0.4) is 0 Å². The maximum absolute atomic E-state index is 3.61. The van der Waals surface area contributed by atoms with Gasteiger partial charge in [-0.25, -0.2) is 0 Å². The molecule has 1 heterocycles. The van der Waals surface area contributed by atoms with E-state index in [2.05, 4.69) is 49.2 Å². The molecule has 1 aromatic carbocycles. The van der Waals surface area contributed by atoms with Crippen LogP contribution in [0.25, 0.3) is 0 Å². The summed E-state index contributed by atoms with van der Waals surface area (Å²) in [6.07, 6.45) is 4.10. The largest absolute Gasteiger partial charge is 0.371 e. The van der Waals surface area contributed by atoms with Crippen molar-refractivity contribution in [2.75, 3.05) is 18.0 Å². The van der Waals surface area contributed by atoms with Crippen molar-refractivity contribution in [1.29, 1.82) is 0 Å².